The quantitative estimate of drug-likeness (QED) is 0.375. The number of rotatable bonds is 5. The predicted molar refractivity (Wildman–Crippen MR) is 101 cm³/mol. The molecule has 0 radical (unpaired) electrons. The van der Waals surface area contributed by atoms with E-state index in [0.29, 0.717) is 12.2 Å². The first-order chi connectivity index (χ1) is 12.1. The van der Waals surface area contributed by atoms with E-state index < -0.39 is 4.92 Å². The second-order valence-corrected chi connectivity index (χ2v) is 6.63. The van der Waals surface area contributed by atoms with Crippen molar-refractivity contribution in [2.45, 2.75) is 13.5 Å². The number of nitro groups is 1. The van der Waals surface area contributed by atoms with Crippen molar-refractivity contribution in [3.63, 3.8) is 0 Å². The van der Waals surface area contributed by atoms with Gasteiger partial charge in [-0.05, 0) is 18.6 Å². The van der Waals surface area contributed by atoms with Gasteiger partial charge in [-0.25, -0.2) is 4.99 Å². The number of aryl methyl sites for hydroxylation is 1. The van der Waals surface area contributed by atoms with Crippen molar-refractivity contribution in [2.24, 2.45) is 4.99 Å². The van der Waals surface area contributed by atoms with Crippen LogP contribution < -0.4 is 4.80 Å². The maximum Gasteiger partial charge on any atom is 0.271 e. The summed E-state index contributed by atoms with van der Waals surface area (Å²) in [7, 11) is 0. The van der Waals surface area contributed by atoms with E-state index in [2.05, 4.69) is 35.2 Å². The summed E-state index contributed by atoms with van der Waals surface area (Å²) >= 11 is 1.56. The van der Waals surface area contributed by atoms with E-state index in [1.807, 2.05) is 24.3 Å². The van der Waals surface area contributed by atoms with Crippen LogP contribution in [0.1, 0.15) is 4.88 Å². The largest absolute Gasteiger partial charge is 0.312 e. The molecule has 1 aromatic heterocycles. The lowest BCUT2D eigenvalue weighted by atomic mass is 10.1. The molecule has 0 N–H and O–H groups in total. The summed E-state index contributed by atoms with van der Waals surface area (Å²) in [4.78, 5) is 17.1. The lowest BCUT2D eigenvalue weighted by molar-refractivity contribution is -0.384. The Balaban J connectivity index is 2.18. The van der Waals surface area contributed by atoms with Gasteiger partial charge in [-0.3, -0.25) is 10.1 Å². The molecule has 0 atom stereocenters. The first kappa shape index (κ1) is 16.9. The minimum absolute atomic E-state index is 0.0353. The van der Waals surface area contributed by atoms with Crippen LogP contribution >= 0.6 is 11.3 Å². The lowest BCUT2D eigenvalue weighted by Gasteiger charge is -2.07. The summed E-state index contributed by atoms with van der Waals surface area (Å²) < 4.78 is 2.08. The van der Waals surface area contributed by atoms with Gasteiger partial charge in [-0.1, -0.05) is 42.5 Å². The number of allylic oxidation sites excluding steroid dienone is 1. The van der Waals surface area contributed by atoms with Crippen LogP contribution in [0.15, 0.2) is 72.2 Å². The van der Waals surface area contributed by atoms with E-state index in [9.17, 15) is 10.1 Å². The Labute approximate surface area is 149 Å². The van der Waals surface area contributed by atoms with Crippen LogP contribution in [-0.2, 0) is 6.54 Å². The highest BCUT2D eigenvalue weighted by atomic mass is 32.1. The van der Waals surface area contributed by atoms with Crippen LogP contribution in [0.5, 0.6) is 0 Å². The lowest BCUT2D eigenvalue weighted by Crippen LogP contribution is -2.14. The van der Waals surface area contributed by atoms with Crippen molar-refractivity contribution < 1.29 is 4.92 Å². The molecule has 0 saturated heterocycles. The summed E-state index contributed by atoms with van der Waals surface area (Å²) in [6, 6.07) is 16.5. The fraction of sp³-hybridized carbons (Fsp3) is 0.105. The smallest absolute Gasteiger partial charge is 0.271 e. The maximum atomic E-state index is 11.0. The Morgan fingerprint density at radius 2 is 2.00 bits per heavy atom. The van der Waals surface area contributed by atoms with Crippen LogP contribution in [0.4, 0.5) is 11.4 Å². The molecule has 0 aliphatic carbocycles. The molecule has 126 valence electrons. The number of hydrogen-bond donors (Lipinski definition) is 0. The van der Waals surface area contributed by atoms with Crippen LogP contribution in [0.3, 0.4) is 0 Å². The molecule has 25 heavy (non-hydrogen) atoms. The molecule has 0 aliphatic heterocycles. The SMILES string of the molecule is C=CCn1c(-c2ccccc2)c(C)sc1=Nc1cccc([N+](=O)[O-])c1. The molecule has 3 rings (SSSR count). The third-order valence-corrected chi connectivity index (χ3v) is 4.70. The van der Waals surface area contributed by atoms with E-state index in [0.717, 1.165) is 20.9 Å². The normalized spacial score (nSPS) is 11.5. The summed E-state index contributed by atoms with van der Waals surface area (Å²) in [6.45, 7) is 6.51. The van der Waals surface area contributed by atoms with Gasteiger partial charge >= 0.3 is 0 Å². The number of aromatic nitrogens is 1. The fourth-order valence-corrected chi connectivity index (χ4v) is 3.68. The minimum Gasteiger partial charge on any atom is -0.312 e. The third-order valence-electron chi connectivity index (χ3n) is 3.70. The summed E-state index contributed by atoms with van der Waals surface area (Å²) in [5.41, 5.74) is 2.80. The Bertz CT molecular complexity index is 987. The Morgan fingerprint density at radius 1 is 1.24 bits per heavy atom. The minimum atomic E-state index is -0.411. The second kappa shape index (κ2) is 7.27. The molecule has 2 aromatic carbocycles. The highest BCUT2D eigenvalue weighted by Crippen LogP contribution is 2.26. The third kappa shape index (κ3) is 3.59. The van der Waals surface area contributed by atoms with Crippen molar-refractivity contribution in [3.8, 4) is 11.3 Å². The molecule has 3 aromatic rings. The molecule has 0 fully saturated rings. The van der Waals surface area contributed by atoms with Crippen molar-refractivity contribution in [3.05, 3.63) is 87.0 Å². The molecule has 0 aliphatic rings. The van der Waals surface area contributed by atoms with Gasteiger partial charge < -0.3 is 4.57 Å². The number of benzene rings is 2. The predicted octanol–water partition coefficient (Wildman–Crippen LogP) is 4.85. The highest BCUT2D eigenvalue weighted by Gasteiger charge is 2.12. The van der Waals surface area contributed by atoms with Crippen molar-refractivity contribution >= 4 is 22.7 Å². The zero-order valence-corrected chi connectivity index (χ0v) is 14.6. The molecular weight excluding hydrogens is 334 g/mol. The van der Waals surface area contributed by atoms with Gasteiger partial charge in [0, 0.05) is 23.6 Å². The second-order valence-electron chi connectivity index (χ2n) is 5.44. The molecule has 6 heteroatoms. The zero-order chi connectivity index (χ0) is 17.8. The van der Waals surface area contributed by atoms with Crippen LogP contribution in [0.2, 0.25) is 0 Å². The standard InChI is InChI=1S/C19H17N3O2S/c1-3-12-21-18(15-8-5-4-6-9-15)14(2)25-19(21)20-16-10-7-11-17(13-16)22(23)24/h3-11,13H,1,12H2,2H3. The van der Waals surface area contributed by atoms with Gasteiger partial charge in [0.1, 0.15) is 0 Å². The molecule has 0 unspecified atom stereocenters. The number of thiazole rings is 1. The van der Waals surface area contributed by atoms with Crippen molar-refractivity contribution in [2.75, 3.05) is 0 Å². The van der Waals surface area contributed by atoms with E-state index in [1.54, 1.807) is 23.5 Å². The van der Waals surface area contributed by atoms with E-state index in [-0.39, 0.29) is 5.69 Å². The molecule has 0 spiro atoms. The van der Waals surface area contributed by atoms with Crippen LogP contribution in [0.25, 0.3) is 11.3 Å². The van der Waals surface area contributed by atoms with E-state index in [4.69, 9.17) is 0 Å². The van der Waals surface area contributed by atoms with Crippen molar-refractivity contribution in [1.82, 2.24) is 4.57 Å². The number of nitro benzene ring substituents is 1. The van der Waals surface area contributed by atoms with Gasteiger partial charge in [0.25, 0.3) is 5.69 Å². The first-order valence-corrected chi connectivity index (χ1v) is 8.57. The van der Waals surface area contributed by atoms with Gasteiger partial charge in [0.15, 0.2) is 4.80 Å². The van der Waals surface area contributed by atoms with Crippen LogP contribution in [-0.4, -0.2) is 9.49 Å². The van der Waals surface area contributed by atoms with Gasteiger partial charge in [-0.2, -0.15) is 0 Å². The molecule has 0 saturated carbocycles. The number of nitrogens with zero attached hydrogens (tertiary/aromatic N) is 3. The highest BCUT2D eigenvalue weighted by molar-refractivity contribution is 7.09. The molecule has 0 amide bonds. The fourth-order valence-electron chi connectivity index (χ4n) is 2.65. The first-order valence-electron chi connectivity index (χ1n) is 7.76. The number of hydrogen-bond acceptors (Lipinski definition) is 4. The average molecular weight is 351 g/mol. The Hall–Kier alpha value is -2.99. The number of non-ortho nitro benzene ring substituents is 1. The van der Waals surface area contributed by atoms with E-state index >= 15 is 0 Å². The summed E-state index contributed by atoms with van der Waals surface area (Å²) in [5.74, 6) is 0. The van der Waals surface area contributed by atoms with Gasteiger partial charge in [0.2, 0.25) is 0 Å². The van der Waals surface area contributed by atoms with Crippen LogP contribution in [0, 0.1) is 17.0 Å². The molecule has 1 heterocycles. The zero-order valence-electron chi connectivity index (χ0n) is 13.8. The maximum absolute atomic E-state index is 11.0. The van der Waals surface area contributed by atoms with Gasteiger partial charge in [0.05, 0.1) is 16.3 Å². The Kier molecular flexibility index (Phi) is 4.90. The molecule has 5 nitrogen and oxygen atoms in total. The van der Waals surface area contributed by atoms with Gasteiger partial charge in [-0.15, -0.1) is 17.9 Å². The topological polar surface area (TPSA) is 60.4 Å². The molecule has 0 bridgehead atoms. The molecular formula is C19H17N3O2S. The van der Waals surface area contributed by atoms with E-state index in [1.165, 1.54) is 12.1 Å². The summed E-state index contributed by atoms with van der Waals surface area (Å²) in [6.07, 6.45) is 1.82. The average Bonchev–Trinajstić information content (AvgIpc) is 2.91. The summed E-state index contributed by atoms with van der Waals surface area (Å²) in [5, 5.41) is 11.0. The monoisotopic (exact) mass is 351 g/mol. The van der Waals surface area contributed by atoms with Crippen molar-refractivity contribution in [1.29, 1.82) is 0 Å². The Morgan fingerprint density at radius 3 is 2.68 bits per heavy atom.